The molecule has 0 N–H and O–H groups in total. The molecule has 0 rings (SSSR count). The summed E-state index contributed by atoms with van der Waals surface area (Å²) in [5, 5.41) is 0. The lowest BCUT2D eigenvalue weighted by atomic mass is 10.5. The predicted octanol–water partition coefficient (Wildman–Crippen LogP) is 2.56. The Morgan fingerprint density at radius 1 is 1.50 bits per heavy atom. The second-order valence-electron chi connectivity index (χ2n) is 1.75. The summed E-state index contributed by atoms with van der Waals surface area (Å²) in [4.78, 5) is 6.03. The molecule has 0 atom stereocenters. The van der Waals surface area contributed by atoms with Gasteiger partial charge in [-0.15, -0.1) is 0 Å². The Morgan fingerprint density at radius 3 is 2.25 bits per heavy atom. The van der Waals surface area contributed by atoms with E-state index >= 15 is 0 Å². The van der Waals surface area contributed by atoms with Crippen LogP contribution in [0.25, 0.3) is 0 Å². The Bertz CT molecular complexity index is 229. The van der Waals surface area contributed by atoms with Crippen LogP contribution in [0.5, 0.6) is 0 Å². The lowest BCUT2D eigenvalue weighted by Gasteiger charge is -2.02. The predicted molar refractivity (Wildman–Crippen MR) is 46.0 cm³/mol. The third-order valence-corrected chi connectivity index (χ3v) is 0.997. The van der Waals surface area contributed by atoms with E-state index in [0.29, 0.717) is 0 Å². The van der Waals surface area contributed by atoms with Crippen LogP contribution in [0, 0.1) is 0 Å². The molecule has 2 nitrogen and oxygen atoms in total. The molecule has 0 aliphatic carbocycles. The first-order chi connectivity index (χ1) is 5.38. The van der Waals surface area contributed by atoms with Gasteiger partial charge in [-0.05, 0) is 15.9 Å². The normalized spacial score (nSPS) is 13.9. The van der Waals surface area contributed by atoms with E-state index < -0.39 is 12.0 Å². The molecule has 0 spiro atoms. The third-order valence-electron chi connectivity index (χ3n) is 0.792. The highest BCUT2D eigenvalue weighted by Gasteiger charge is 2.34. The summed E-state index contributed by atoms with van der Waals surface area (Å²) in [5.41, 5.74) is 0. The quantitative estimate of drug-likeness (QED) is 0.499. The zero-order valence-electron chi connectivity index (χ0n) is 6.19. The fourth-order valence-electron chi connectivity index (χ4n) is 0.389. The number of aliphatic imine (C=N–C) groups is 2. The average Bonchev–Trinajstić information content (AvgIpc) is 1.85. The Kier molecular flexibility index (Phi) is 4.16. The van der Waals surface area contributed by atoms with E-state index in [4.69, 9.17) is 0 Å². The number of rotatable bonds is 1. The first kappa shape index (κ1) is 11.4. The Labute approximate surface area is 76.0 Å². The third kappa shape index (κ3) is 4.27. The molecule has 0 fully saturated rings. The van der Waals surface area contributed by atoms with Crippen molar-refractivity contribution in [1.82, 2.24) is 0 Å². The maximum Gasteiger partial charge on any atom is 0.451 e. The molecule has 68 valence electrons. The van der Waals surface area contributed by atoms with Crippen LogP contribution in [-0.4, -0.2) is 25.3 Å². The molecule has 0 unspecified atom stereocenters. The van der Waals surface area contributed by atoms with Crippen LogP contribution >= 0.6 is 15.9 Å². The van der Waals surface area contributed by atoms with Crippen LogP contribution in [0.1, 0.15) is 0 Å². The van der Waals surface area contributed by atoms with Crippen LogP contribution < -0.4 is 0 Å². The van der Waals surface area contributed by atoms with Gasteiger partial charge in [0.05, 0.1) is 0 Å². The van der Waals surface area contributed by atoms with E-state index in [-0.39, 0.29) is 4.48 Å². The fourth-order valence-corrected chi connectivity index (χ4v) is 0.491. The molecule has 0 saturated carbocycles. The Balaban J connectivity index is 4.53. The van der Waals surface area contributed by atoms with Crippen LogP contribution in [0.3, 0.4) is 0 Å². The highest BCUT2D eigenvalue weighted by atomic mass is 79.9. The van der Waals surface area contributed by atoms with Crippen molar-refractivity contribution < 1.29 is 13.2 Å². The fraction of sp³-hybridized carbons (Fsp3) is 0.333. The number of hydrogen-bond acceptors (Lipinski definition) is 1. The second-order valence-corrected chi connectivity index (χ2v) is 2.77. The van der Waals surface area contributed by atoms with E-state index in [2.05, 4.69) is 32.5 Å². The number of hydrogen-bond donors (Lipinski definition) is 0. The van der Waals surface area contributed by atoms with Gasteiger partial charge in [0, 0.05) is 17.7 Å². The van der Waals surface area contributed by atoms with Crippen molar-refractivity contribution in [3.63, 3.8) is 0 Å². The van der Waals surface area contributed by atoms with E-state index in [0.717, 1.165) is 13.3 Å². The monoisotopic (exact) mass is 242 g/mol. The topological polar surface area (TPSA) is 24.7 Å². The minimum absolute atomic E-state index is 0.257. The zero-order chi connectivity index (χ0) is 9.78. The molecule has 0 aromatic heterocycles. The number of amidine groups is 1. The van der Waals surface area contributed by atoms with Gasteiger partial charge < -0.3 is 0 Å². The first-order valence-corrected chi connectivity index (χ1v) is 3.59. The van der Waals surface area contributed by atoms with Crippen molar-refractivity contribution in [3.8, 4) is 0 Å². The Morgan fingerprint density at radius 2 is 2.00 bits per heavy atom. The van der Waals surface area contributed by atoms with Crippen LogP contribution in [0.2, 0.25) is 0 Å². The van der Waals surface area contributed by atoms with Crippen LogP contribution in [0.4, 0.5) is 13.2 Å². The molecule has 0 bridgehead atoms. The van der Waals surface area contributed by atoms with Gasteiger partial charge in [-0.25, -0.2) is 4.99 Å². The number of alkyl halides is 3. The molecule has 6 heteroatoms. The van der Waals surface area contributed by atoms with Crippen molar-refractivity contribution in [3.05, 3.63) is 11.1 Å². The first-order valence-electron chi connectivity index (χ1n) is 2.80. The van der Waals surface area contributed by atoms with Gasteiger partial charge in [-0.3, -0.25) is 4.99 Å². The summed E-state index contributed by atoms with van der Waals surface area (Å²) in [7, 11) is 1.02. The Hall–Kier alpha value is -0.650. The smallest absolute Gasteiger partial charge is 0.266 e. The van der Waals surface area contributed by atoms with E-state index in [1.54, 1.807) is 0 Å². The molecular formula is C6H6BrF3N2. The zero-order valence-corrected chi connectivity index (χ0v) is 7.78. The standard InChI is InChI=1S/C6H6BrF3N2/c1-4(7)3-12-5(11-2)6(8,9)10/h3H,1H2,2H3. The largest absolute Gasteiger partial charge is 0.451 e. The van der Waals surface area contributed by atoms with E-state index in [1.165, 1.54) is 0 Å². The highest BCUT2D eigenvalue weighted by Crippen LogP contribution is 2.17. The summed E-state index contributed by atoms with van der Waals surface area (Å²) in [6, 6.07) is 0. The van der Waals surface area contributed by atoms with Gasteiger partial charge in [0.15, 0.2) is 0 Å². The molecule has 0 aromatic carbocycles. The van der Waals surface area contributed by atoms with Gasteiger partial charge in [0.25, 0.3) is 0 Å². The molecule has 0 saturated heterocycles. The van der Waals surface area contributed by atoms with E-state index in [9.17, 15) is 13.2 Å². The molecule has 0 aliphatic heterocycles. The van der Waals surface area contributed by atoms with Gasteiger partial charge in [0.2, 0.25) is 5.84 Å². The lowest BCUT2D eigenvalue weighted by molar-refractivity contribution is -0.0597. The highest BCUT2D eigenvalue weighted by molar-refractivity contribution is 9.12. The van der Waals surface area contributed by atoms with Crippen molar-refractivity contribution in [1.29, 1.82) is 0 Å². The van der Waals surface area contributed by atoms with Gasteiger partial charge in [0.1, 0.15) is 0 Å². The molecule has 0 amide bonds. The molecule has 0 heterocycles. The average molecular weight is 243 g/mol. The van der Waals surface area contributed by atoms with Gasteiger partial charge in [-0.1, -0.05) is 6.58 Å². The molecular weight excluding hydrogens is 237 g/mol. The number of allylic oxidation sites excluding steroid dienone is 1. The SMILES string of the molecule is C=C(Br)C=NC(=NC)C(F)(F)F. The molecule has 0 radical (unpaired) electrons. The van der Waals surface area contributed by atoms with Crippen LogP contribution in [0.15, 0.2) is 21.0 Å². The maximum atomic E-state index is 11.9. The minimum Gasteiger partial charge on any atom is -0.266 e. The number of nitrogens with zero attached hydrogens (tertiary/aromatic N) is 2. The maximum absolute atomic E-state index is 11.9. The van der Waals surface area contributed by atoms with E-state index in [1.807, 2.05) is 0 Å². The lowest BCUT2D eigenvalue weighted by Crippen LogP contribution is -2.20. The summed E-state index contributed by atoms with van der Waals surface area (Å²) in [6.07, 6.45) is -3.57. The van der Waals surface area contributed by atoms with Crippen LogP contribution in [-0.2, 0) is 0 Å². The van der Waals surface area contributed by atoms with Crippen molar-refractivity contribution in [2.24, 2.45) is 9.98 Å². The minimum atomic E-state index is -4.51. The second kappa shape index (κ2) is 4.39. The summed E-state index contributed by atoms with van der Waals surface area (Å²) in [6.45, 7) is 3.29. The van der Waals surface area contributed by atoms with Gasteiger partial charge >= 0.3 is 6.18 Å². The number of halogens is 4. The van der Waals surface area contributed by atoms with Crippen molar-refractivity contribution in [2.75, 3.05) is 7.05 Å². The summed E-state index contributed by atoms with van der Waals surface area (Å²) < 4.78 is 35.9. The molecule has 12 heavy (non-hydrogen) atoms. The van der Waals surface area contributed by atoms with Gasteiger partial charge in [-0.2, -0.15) is 13.2 Å². The molecule has 0 aromatic rings. The van der Waals surface area contributed by atoms with Crippen molar-refractivity contribution >= 4 is 28.0 Å². The molecule has 0 aliphatic rings. The summed E-state index contributed by atoms with van der Waals surface area (Å²) in [5.74, 6) is -1.18. The van der Waals surface area contributed by atoms with Crippen molar-refractivity contribution in [2.45, 2.75) is 6.18 Å². The summed E-state index contributed by atoms with van der Waals surface area (Å²) >= 11 is 2.83.